The lowest BCUT2D eigenvalue weighted by Crippen LogP contribution is -2.41. The summed E-state index contributed by atoms with van der Waals surface area (Å²) < 4.78 is 0.888. The second kappa shape index (κ2) is 6.19. The monoisotopic (exact) mass is 272 g/mol. The number of nitrogens with two attached hydrogens (primary N) is 1. The summed E-state index contributed by atoms with van der Waals surface area (Å²) in [6, 6.07) is 5.29. The van der Waals surface area contributed by atoms with Crippen LogP contribution in [-0.2, 0) is 0 Å². The minimum Gasteiger partial charge on any atom is -0.330 e. The van der Waals surface area contributed by atoms with Gasteiger partial charge in [0.2, 0.25) is 0 Å². The van der Waals surface area contributed by atoms with Gasteiger partial charge in [-0.1, -0.05) is 18.0 Å². The van der Waals surface area contributed by atoms with E-state index in [0.29, 0.717) is 12.1 Å². The van der Waals surface area contributed by atoms with E-state index < -0.39 is 0 Å². The predicted octanol–water partition coefficient (Wildman–Crippen LogP) is 3.67. The lowest BCUT2D eigenvalue weighted by molar-refractivity contribution is 0.100. The predicted molar refractivity (Wildman–Crippen MR) is 75.8 cm³/mol. The molecule has 0 radical (unpaired) electrons. The van der Waals surface area contributed by atoms with E-state index in [-0.39, 0.29) is 0 Å². The normalized spacial score (nSPS) is 23.8. The number of rotatable bonds is 4. The van der Waals surface area contributed by atoms with E-state index in [0.717, 1.165) is 17.3 Å². The Labute approximate surface area is 113 Å². The Morgan fingerprint density at radius 3 is 3.00 bits per heavy atom. The first-order chi connectivity index (χ1) is 8.22. The first kappa shape index (κ1) is 13.3. The van der Waals surface area contributed by atoms with E-state index in [1.54, 1.807) is 11.3 Å². The molecule has 2 N–H and O–H groups in total. The zero-order valence-corrected chi connectivity index (χ0v) is 11.9. The minimum absolute atomic E-state index is 0.476. The van der Waals surface area contributed by atoms with Crippen LogP contribution >= 0.6 is 22.9 Å². The zero-order chi connectivity index (χ0) is 12.3. The Balaban J connectivity index is 2.07. The highest BCUT2D eigenvalue weighted by Crippen LogP contribution is 2.34. The molecular formula is C13H21ClN2S. The van der Waals surface area contributed by atoms with Crippen LogP contribution in [0.5, 0.6) is 0 Å². The fraction of sp³-hybridized carbons (Fsp3) is 0.692. The highest BCUT2D eigenvalue weighted by atomic mass is 35.5. The third-order valence-corrected chi connectivity index (χ3v) is 5.08. The Kier molecular flexibility index (Phi) is 4.86. The number of thiophene rings is 1. The Bertz CT molecular complexity index is 351. The van der Waals surface area contributed by atoms with Gasteiger partial charge in [0.05, 0.1) is 4.34 Å². The number of halogens is 1. The smallest absolute Gasteiger partial charge is 0.0931 e. The molecule has 0 bridgehead atoms. The molecule has 1 aromatic rings. The zero-order valence-electron chi connectivity index (χ0n) is 10.4. The molecule has 2 atom stereocenters. The molecule has 2 unspecified atom stereocenters. The second-order valence-corrected chi connectivity index (χ2v) is 6.53. The van der Waals surface area contributed by atoms with Crippen LogP contribution in [-0.4, -0.2) is 24.0 Å². The van der Waals surface area contributed by atoms with Gasteiger partial charge in [0.25, 0.3) is 0 Å². The Morgan fingerprint density at radius 1 is 1.53 bits per heavy atom. The van der Waals surface area contributed by atoms with Gasteiger partial charge >= 0.3 is 0 Å². The number of nitrogens with zero attached hydrogens (tertiary/aromatic N) is 1. The van der Waals surface area contributed by atoms with E-state index >= 15 is 0 Å². The Hall–Kier alpha value is -0.0900. The third-order valence-electron chi connectivity index (χ3n) is 3.68. The number of likely N-dealkylation sites (tertiary alicyclic amines) is 1. The molecule has 0 spiro atoms. The van der Waals surface area contributed by atoms with Gasteiger partial charge < -0.3 is 5.73 Å². The maximum atomic E-state index is 6.02. The van der Waals surface area contributed by atoms with Gasteiger partial charge in [-0.3, -0.25) is 4.90 Å². The van der Waals surface area contributed by atoms with Crippen molar-refractivity contribution >= 4 is 22.9 Å². The van der Waals surface area contributed by atoms with E-state index in [2.05, 4.69) is 17.9 Å². The van der Waals surface area contributed by atoms with Gasteiger partial charge in [-0.25, -0.2) is 0 Å². The summed E-state index contributed by atoms with van der Waals surface area (Å²) in [7, 11) is 0. The summed E-state index contributed by atoms with van der Waals surface area (Å²) in [6.45, 7) is 4.28. The molecule has 1 aliphatic heterocycles. The summed E-state index contributed by atoms with van der Waals surface area (Å²) in [4.78, 5) is 3.98. The first-order valence-electron chi connectivity index (χ1n) is 6.43. The van der Waals surface area contributed by atoms with Crippen LogP contribution in [0.15, 0.2) is 12.1 Å². The van der Waals surface area contributed by atoms with Gasteiger partial charge in [0.15, 0.2) is 0 Å². The number of piperidine rings is 1. The van der Waals surface area contributed by atoms with Crippen molar-refractivity contribution < 1.29 is 0 Å². The van der Waals surface area contributed by atoms with Gasteiger partial charge in [0, 0.05) is 17.0 Å². The van der Waals surface area contributed by atoms with E-state index in [4.69, 9.17) is 17.3 Å². The van der Waals surface area contributed by atoms with Crippen molar-refractivity contribution in [1.29, 1.82) is 0 Å². The van der Waals surface area contributed by atoms with Crippen LogP contribution in [0.3, 0.4) is 0 Å². The van der Waals surface area contributed by atoms with E-state index in [1.165, 1.54) is 30.7 Å². The summed E-state index contributed by atoms with van der Waals surface area (Å²) in [5, 5.41) is 0. The molecule has 4 heteroatoms. The maximum Gasteiger partial charge on any atom is 0.0931 e. The van der Waals surface area contributed by atoms with Gasteiger partial charge in [-0.2, -0.15) is 0 Å². The van der Waals surface area contributed by atoms with Gasteiger partial charge in [-0.05, 0) is 51.4 Å². The molecule has 96 valence electrons. The molecule has 17 heavy (non-hydrogen) atoms. The van der Waals surface area contributed by atoms with E-state index in [1.807, 2.05) is 6.07 Å². The van der Waals surface area contributed by atoms with Crippen LogP contribution in [0, 0.1) is 0 Å². The standard InChI is InChI=1S/C13H21ClN2S/c1-10(12-5-6-13(14)17-12)16-9-3-2-4-11(16)7-8-15/h5-6,10-11H,2-4,7-9,15H2,1H3. The summed E-state index contributed by atoms with van der Waals surface area (Å²) in [5.41, 5.74) is 5.72. The second-order valence-electron chi connectivity index (χ2n) is 4.78. The molecule has 2 rings (SSSR count). The molecular weight excluding hydrogens is 252 g/mol. The number of hydrogen-bond acceptors (Lipinski definition) is 3. The maximum absolute atomic E-state index is 6.02. The molecule has 0 saturated carbocycles. The van der Waals surface area contributed by atoms with Crippen molar-refractivity contribution in [3.63, 3.8) is 0 Å². The van der Waals surface area contributed by atoms with Crippen LogP contribution in [0.25, 0.3) is 0 Å². The van der Waals surface area contributed by atoms with Crippen molar-refractivity contribution in [1.82, 2.24) is 4.90 Å². The minimum atomic E-state index is 0.476. The first-order valence-corrected chi connectivity index (χ1v) is 7.63. The molecule has 1 fully saturated rings. The molecule has 1 saturated heterocycles. The third kappa shape index (κ3) is 3.22. The van der Waals surface area contributed by atoms with Crippen molar-refractivity contribution in [2.45, 2.75) is 44.7 Å². The summed E-state index contributed by atoms with van der Waals surface area (Å²) in [6.07, 6.45) is 5.06. The largest absolute Gasteiger partial charge is 0.330 e. The lowest BCUT2D eigenvalue weighted by Gasteiger charge is -2.39. The van der Waals surface area contributed by atoms with Crippen molar-refractivity contribution in [3.05, 3.63) is 21.3 Å². The van der Waals surface area contributed by atoms with Gasteiger partial charge in [-0.15, -0.1) is 11.3 Å². The molecule has 1 aromatic heterocycles. The molecule has 2 heterocycles. The fourth-order valence-electron chi connectivity index (χ4n) is 2.75. The fourth-order valence-corrected chi connectivity index (χ4v) is 3.88. The molecule has 1 aliphatic rings. The summed E-state index contributed by atoms with van der Waals surface area (Å²) in [5.74, 6) is 0. The quantitative estimate of drug-likeness (QED) is 0.906. The van der Waals surface area contributed by atoms with Crippen molar-refractivity contribution in [2.75, 3.05) is 13.1 Å². The van der Waals surface area contributed by atoms with Crippen LogP contribution < -0.4 is 5.73 Å². The highest BCUT2D eigenvalue weighted by Gasteiger charge is 2.27. The average Bonchev–Trinajstić information content (AvgIpc) is 2.76. The Morgan fingerprint density at radius 2 is 2.35 bits per heavy atom. The van der Waals surface area contributed by atoms with Crippen LogP contribution in [0.4, 0.5) is 0 Å². The molecule has 0 amide bonds. The topological polar surface area (TPSA) is 29.3 Å². The van der Waals surface area contributed by atoms with E-state index in [9.17, 15) is 0 Å². The lowest BCUT2D eigenvalue weighted by atomic mass is 9.97. The SMILES string of the molecule is CC(c1ccc(Cl)s1)N1CCCCC1CCN. The van der Waals surface area contributed by atoms with Crippen molar-refractivity contribution in [2.24, 2.45) is 5.73 Å². The van der Waals surface area contributed by atoms with Gasteiger partial charge in [0.1, 0.15) is 0 Å². The van der Waals surface area contributed by atoms with Crippen LogP contribution in [0.2, 0.25) is 4.34 Å². The number of hydrogen-bond donors (Lipinski definition) is 1. The summed E-state index contributed by atoms with van der Waals surface area (Å²) >= 11 is 7.72. The molecule has 0 aromatic carbocycles. The molecule has 2 nitrogen and oxygen atoms in total. The highest BCUT2D eigenvalue weighted by molar-refractivity contribution is 7.16. The average molecular weight is 273 g/mol. The van der Waals surface area contributed by atoms with Crippen molar-refractivity contribution in [3.8, 4) is 0 Å². The van der Waals surface area contributed by atoms with Crippen LogP contribution in [0.1, 0.15) is 43.5 Å². The molecule has 0 aliphatic carbocycles.